The van der Waals surface area contributed by atoms with Gasteiger partial charge in [0, 0.05) is 13.1 Å². The van der Waals surface area contributed by atoms with Gasteiger partial charge in [0.15, 0.2) is 0 Å². The maximum Gasteiger partial charge on any atom is 0.0916 e. The Bertz CT molecular complexity index is 295. The summed E-state index contributed by atoms with van der Waals surface area (Å²) in [7, 11) is 0. The van der Waals surface area contributed by atoms with Crippen molar-refractivity contribution in [3.05, 3.63) is 0 Å². The Morgan fingerprint density at radius 3 is 1.38 bits per heavy atom. The molecule has 0 aromatic rings. The molecule has 0 bridgehead atoms. The van der Waals surface area contributed by atoms with Crippen molar-refractivity contribution in [1.29, 1.82) is 0 Å². The van der Waals surface area contributed by atoms with Crippen molar-refractivity contribution in [2.24, 2.45) is 0 Å². The number of unbranched alkanes of at least 4 members (excludes halogenated alkanes) is 13. The zero-order valence-electron chi connectivity index (χ0n) is 18.7. The fraction of sp³-hybridized carbons (Fsp3) is 1.00. The Balaban J connectivity index is 1.87. The molecule has 1 rings (SSSR count). The van der Waals surface area contributed by atoms with E-state index in [0.717, 1.165) is 0 Å². The first-order valence-corrected chi connectivity index (χ1v) is 12.3. The number of piperazine rings is 1. The molecule has 0 aliphatic carbocycles. The van der Waals surface area contributed by atoms with Crippen molar-refractivity contribution in [2.45, 2.75) is 111 Å². The molecule has 0 radical (unpaired) electrons. The molecule has 0 spiro atoms. The molecule has 1 aliphatic heterocycles. The number of rotatable bonds is 17. The second-order valence-electron chi connectivity index (χ2n) is 8.86. The van der Waals surface area contributed by atoms with E-state index in [1.54, 1.807) is 0 Å². The second kappa shape index (κ2) is 15.9. The average Bonchev–Trinajstić information content (AvgIpc) is 2.68. The van der Waals surface area contributed by atoms with Crippen LogP contribution in [-0.2, 0) is 0 Å². The van der Waals surface area contributed by atoms with Crippen molar-refractivity contribution < 1.29 is 4.48 Å². The van der Waals surface area contributed by atoms with E-state index in [2.05, 4.69) is 25.7 Å². The maximum atomic E-state index is 2.62. The monoisotopic (exact) mass is 367 g/mol. The van der Waals surface area contributed by atoms with Crippen LogP contribution in [0.4, 0.5) is 0 Å². The number of likely N-dealkylation sites (N-methyl/N-ethyl adjacent to an activating group) is 2. The normalized spacial score (nSPS) is 17.7. The number of nitrogens with zero attached hydrogens (tertiary/aromatic N) is 2. The Hall–Kier alpha value is -0.0800. The van der Waals surface area contributed by atoms with E-state index in [1.807, 2.05) is 0 Å². The van der Waals surface area contributed by atoms with Crippen LogP contribution in [0.15, 0.2) is 0 Å². The highest BCUT2D eigenvalue weighted by atomic mass is 15.4. The van der Waals surface area contributed by atoms with Crippen LogP contribution in [0.5, 0.6) is 0 Å². The summed E-state index contributed by atoms with van der Waals surface area (Å²) in [6.45, 7) is 16.5. The highest BCUT2D eigenvalue weighted by molar-refractivity contribution is 4.62. The van der Waals surface area contributed by atoms with E-state index in [4.69, 9.17) is 0 Å². The Morgan fingerprint density at radius 2 is 1.00 bits per heavy atom. The van der Waals surface area contributed by atoms with Gasteiger partial charge in [-0.15, -0.1) is 0 Å². The molecule has 0 aromatic heterocycles. The standard InChI is InChI=1S/C24H51N2/c1-4-7-8-9-10-11-12-13-14-15-16-17-18-19-22-26(6-3)23-20-25(5-2)21-24-26/h4-24H2,1-3H3/q+1. The highest BCUT2D eigenvalue weighted by Crippen LogP contribution is 2.17. The number of hydrogen-bond donors (Lipinski definition) is 0. The van der Waals surface area contributed by atoms with E-state index in [9.17, 15) is 0 Å². The van der Waals surface area contributed by atoms with Crippen molar-refractivity contribution in [2.75, 3.05) is 45.8 Å². The summed E-state index contributed by atoms with van der Waals surface area (Å²) < 4.78 is 1.40. The molecular formula is C24H51N2+. The van der Waals surface area contributed by atoms with E-state index in [-0.39, 0.29) is 0 Å². The first-order chi connectivity index (χ1) is 12.8. The Morgan fingerprint density at radius 1 is 0.577 bits per heavy atom. The fourth-order valence-electron chi connectivity index (χ4n) is 4.59. The van der Waals surface area contributed by atoms with Crippen LogP contribution in [0.2, 0.25) is 0 Å². The molecule has 1 aliphatic rings. The molecule has 0 atom stereocenters. The molecular weight excluding hydrogens is 316 g/mol. The molecule has 0 amide bonds. The first-order valence-electron chi connectivity index (χ1n) is 12.3. The van der Waals surface area contributed by atoms with Crippen LogP contribution in [0.25, 0.3) is 0 Å². The minimum Gasteiger partial charge on any atom is -0.322 e. The van der Waals surface area contributed by atoms with Gasteiger partial charge in [0.1, 0.15) is 0 Å². The molecule has 0 N–H and O–H groups in total. The van der Waals surface area contributed by atoms with Crippen LogP contribution >= 0.6 is 0 Å². The van der Waals surface area contributed by atoms with E-state index >= 15 is 0 Å². The quantitative estimate of drug-likeness (QED) is 0.206. The van der Waals surface area contributed by atoms with Gasteiger partial charge in [-0.25, -0.2) is 0 Å². The van der Waals surface area contributed by atoms with Gasteiger partial charge in [0.2, 0.25) is 0 Å². The highest BCUT2D eigenvalue weighted by Gasteiger charge is 2.29. The van der Waals surface area contributed by atoms with Gasteiger partial charge in [0.05, 0.1) is 26.2 Å². The third-order valence-electron chi connectivity index (χ3n) is 6.89. The minimum absolute atomic E-state index is 1.24. The van der Waals surface area contributed by atoms with Crippen LogP contribution in [0, 0.1) is 0 Å². The molecule has 26 heavy (non-hydrogen) atoms. The zero-order valence-corrected chi connectivity index (χ0v) is 18.7. The van der Waals surface area contributed by atoms with Crippen molar-refractivity contribution in [3.8, 4) is 0 Å². The van der Waals surface area contributed by atoms with Crippen LogP contribution in [0.3, 0.4) is 0 Å². The summed E-state index contributed by atoms with van der Waals surface area (Å²) in [5, 5.41) is 0. The smallest absolute Gasteiger partial charge is 0.0916 e. The Kier molecular flexibility index (Phi) is 14.7. The van der Waals surface area contributed by atoms with Gasteiger partial charge in [-0.2, -0.15) is 0 Å². The van der Waals surface area contributed by atoms with Crippen LogP contribution < -0.4 is 0 Å². The molecule has 2 heteroatoms. The van der Waals surface area contributed by atoms with Crippen LogP contribution in [-0.4, -0.2) is 55.2 Å². The summed E-state index contributed by atoms with van der Waals surface area (Å²) in [6.07, 6.45) is 20.5. The summed E-state index contributed by atoms with van der Waals surface area (Å²) in [5.74, 6) is 0. The summed E-state index contributed by atoms with van der Waals surface area (Å²) >= 11 is 0. The minimum atomic E-state index is 1.24. The third-order valence-corrected chi connectivity index (χ3v) is 6.89. The van der Waals surface area contributed by atoms with Gasteiger partial charge in [-0.1, -0.05) is 90.9 Å². The van der Waals surface area contributed by atoms with Gasteiger partial charge in [-0.05, 0) is 26.3 Å². The third kappa shape index (κ3) is 10.9. The summed E-state index contributed by atoms with van der Waals surface area (Å²) in [4.78, 5) is 2.62. The molecule has 1 heterocycles. The average molecular weight is 368 g/mol. The summed E-state index contributed by atoms with van der Waals surface area (Å²) in [6, 6.07) is 0. The largest absolute Gasteiger partial charge is 0.322 e. The Labute approximate surface area is 166 Å². The van der Waals surface area contributed by atoms with Crippen molar-refractivity contribution in [1.82, 2.24) is 4.90 Å². The predicted molar refractivity (Wildman–Crippen MR) is 118 cm³/mol. The van der Waals surface area contributed by atoms with Crippen LogP contribution in [0.1, 0.15) is 111 Å². The molecule has 0 saturated carbocycles. The lowest BCUT2D eigenvalue weighted by atomic mass is 10.0. The fourth-order valence-corrected chi connectivity index (χ4v) is 4.59. The van der Waals surface area contributed by atoms with Gasteiger partial charge < -0.3 is 4.48 Å². The maximum absolute atomic E-state index is 2.62. The second-order valence-corrected chi connectivity index (χ2v) is 8.86. The molecule has 1 fully saturated rings. The lowest BCUT2D eigenvalue weighted by molar-refractivity contribution is -0.930. The van der Waals surface area contributed by atoms with E-state index in [0.29, 0.717) is 0 Å². The zero-order chi connectivity index (χ0) is 18.9. The molecule has 0 unspecified atom stereocenters. The SMILES string of the molecule is CCCCCCCCCCCCCCCC[N+]1(CC)CCN(CC)CC1. The molecule has 0 aromatic carbocycles. The summed E-state index contributed by atoms with van der Waals surface area (Å²) in [5.41, 5.74) is 0. The van der Waals surface area contributed by atoms with Crippen molar-refractivity contribution >= 4 is 0 Å². The first kappa shape index (κ1) is 24.0. The predicted octanol–water partition coefficient (Wildman–Crippen LogP) is 6.64. The molecule has 1 saturated heterocycles. The van der Waals surface area contributed by atoms with Gasteiger partial charge in [0.25, 0.3) is 0 Å². The van der Waals surface area contributed by atoms with Gasteiger partial charge in [-0.3, -0.25) is 4.90 Å². The molecule has 2 nitrogen and oxygen atoms in total. The van der Waals surface area contributed by atoms with E-state index in [1.165, 1.54) is 140 Å². The lowest BCUT2D eigenvalue weighted by Crippen LogP contribution is -2.59. The van der Waals surface area contributed by atoms with Gasteiger partial charge >= 0.3 is 0 Å². The number of quaternary nitrogens is 1. The number of hydrogen-bond acceptors (Lipinski definition) is 1. The molecule has 156 valence electrons. The van der Waals surface area contributed by atoms with E-state index < -0.39 is 0 Å². The van der Waals surface area contributed by atoms with Crippen molar-refractivity contribution in [3.63, 3.8) is 0 Å². The topological polar surface area (TPSA) is 3.24 Å². The lowest BCUT2D eigenvalue weighted by Gasteiger charge is -2.44.